The van der Waals surface area contributed by atoms with Gasteiger partial charge < -0.3 is 15.0 Å². The highest BCUT2D eigenvalue weighted by molar-refractivity contribution is 5.93. The second kappa shape index (κ2) is 6.69. The van der Waals surface area contributed by atoms with Gasteiger partial charge in [0, 0.05) is 45.5 Å². The number of rotatable bonds is 4. The molecule has 0 saturated carbocycles. The molecule has 1 aliphatic heterocycles. The number of aromatic nitrogens is 3. The van der Waals surface area contributed by atoms with Crippen LogP contribution in [0, 0.1) is 0 Å². The first kappa shape index (κ1) is 16.0. The van der Waals surface area contributed by atoms with Gasteiger partial charge in [0.05, 0.1) is 6.54 Å². The lowest BCUT2D eigenvalue weighted by molar-refractivity contribution is 0.0761. The highest BCUT2D eigenvalue weighted by Crippen LogP contribution is 2.20. The van der Waals surface area contributed by atoms with Crippen LogP contribution in [0.2, 0.25) is 0 Å². The van der Waals surface area contributed by atoms with Crippen molar-refractivity contribution >= 4 is 11.8 Å². The topological polar surface area (TPSA) is 89.4 Å². The molecule has 2 aromatic heterocycles. The Bertz CT molecular complexity index is 758. The minimum atomic E-state index is -0.264. The summed E-state index contributed by atoms with van der Waals surface area (Å²) >= 11 is 0. The maximum absolute atomic E-state index is 12.5. The Kier molecular flexibility index (Phi) is 4.45. The Labute approximate surface area is 139 Å². The Hall–Kier alpha value is -2.90. The second-order valence-corrected chi connectivity index (χ2v) is 5.58. The number of pyridine rings is 1. The van der Waals surface area contributed by atoms with E-state index in [0.717, 1.165) is 6.42 Å². The maximum Gasteiger partial charge on any atom is 0.272 e. The van der Waals surface area contributed by atoms with E-state index in [-0.39, 0.29) is 17.9 Å². The molecule has 8 heteroatoms. The second-order valence-electron chi connectivity index (χ2n) is 5.58. The van der Waals surface area contributed by atoms with Gasteiger partial charge in [-0.2, -0.15) is 5.10 Å². The van der Waals surface area contributed by atoms with Crippen LogP contribution < -0.4 is 10.1 Å². The van der Waals surface area contributed by atoms with E-state index in [4.69, 9.17) is 4.74 Å². The van der Waals surface area contributed by atoms with E-state index < -0.39 is 0 Å². The SMILES string of the molecule is CNC(=O)c1cc(OC2CCN(C(=O)c3ccnn3C)C2)ccn1. The number of carbonyl (C=O) groups excluding carboxylic acids is 2. The minimum absolute atomic E-state index is 0.0538. The van der Waals surface area contributed by atoms with E-state index >= 15 is 0 Å². The molecule has 1 aliphatic rings. The van der Waals surface area contributed by atoms with Crippen molar-refractivity contribution in [2.75, 3.05) is 20.1 Å². The molecule has 0 bridgehead atoms. The van der Waals surface area contributed by atoms with Crippen molar-refractivity contribution in [3.8, 4) is 5.75 Å². The van der Waals surface area contributed by atoms with Crippen LogP contribution in [0.1, 0.15) is 27.4 Å². The number of carbonyl (C=O) groups is 2. The molecular formula is C16H19N5O3. The van der Waals surface area contributed by atoms with Gasteiger partial charge in [0.15, 0.2) is 0 Å². The fourth-order valence-electron chi connectivity index (χ4n) is 2.68. The third-order valence-corrected chi connectivity index (χ3v) is 3.97. The van der Waals surface area contributed by atoms with Gasteiger partial charge in [-0.3, -0.25) is 19.3 Å². The maximum atomic E-state index is 12.5. The molecule has 0 spiro atoms. The van der Waals surface area contributed by atoms with Crippen LogP contribution >= 0.6 is 0 Å². The molecule has 0 aliphatic carbocycles. The third-order valence-electron chi connectivity index (χ3n) is 3.97. The van der Waals surface area contributed by atoms with Gasteiger partial charge in [-0.05, 0) is 12.1 Å². The van der Waals surface area contributed by atoms with Crippen LogP contribution in [-0.4, -0.2) is 57.7 Å². The predicted octanol–water partition coefficient (Wildman–Crippen LogP) is 0.468. The summed E-state index contributed by atoms with van der Waals surface area (Å²) in [4.78, 5) is 29.8. The summed E-state index contributed by atoms with van der Waals surface area (Å²) in [5.41, 5.74) is 0.859. The van der Waals surface area contributed by atoms with Gasteiger partial charge >= 0.3 is 0 Å². The molecule has 1 fully saturated rings. The molecule has 1 unspecified atom stereocenters. The first-order valence-corrected chi connectivity index (χ1v) is 7.70. The molecule has 2 aromatic rings. The summed E-state index contributed by atoms with van der Waals surface area (Å²) in [7, 11) is 3.30. The van der Waals surface area contributed by atoms with Gasteiger partial charge in [-0.1, -0.05) is 0 Å². The van der Waals surface area contributed by atoms with Crippen molar-refractivity contribution in [3.05, 3.63) is 42.0 Å². The van der Waals surface area contributed by atoms with Gasteiger partial charge in [-0.25, -0.2) is 0 Å². The standard InChI is InChI=1S/C16H19N5O3/c1-17-15(22)13-9-11(3-6-18-13)24-12-5-8-21(10-12)16(23)14-4-7-19-20(14)2/h3-4,6-7,9,12H,5,8,10H2,1-2H3,(H,17,22). The monoisotopic (exact) mass is 329 g/mol. The van der Waals surface area contributed by atoms with Crippen molar-refractivity contribution in [1.29, 1.82) is 0 Å². The lowest BCUT2D eigenvalue weighted by Crippen LogP contribution is -2.32. The molecule has 0 aromatic carbocycles. The van der Waals surface area contributed by atoms with Gasteiger partial charge in [0.1, 0.15) is 23.2 Å². The van der Waals surface area contributed by atoms with Gasteiger partial charge in [0.25, 0.3) is 11.8 Å². The Morgan fingerprint density at radius 1 is 1.33 bits per heavy atom. The number of hydrogen-bond donors (Lipinski definition) is 1. The molecule has 2 amide bonds. The zero-order valence-corrected chi connectivity index (χ0v) is 13.6. The fourth-order valence-corrected chi connectivity index (χ4v) is 2.68. The van der Waals surface area contributed by atoms with Crippen LogP contribution in [0.15, 0.2) is 30.6 Å². The number of amides is 2. The first-order valence-electron chi connectivity index (χ1n) is 7.70. The quantitative estimate of drug-likeness (QED) is 0.881. The van der Waals surface area contributed by atoms with E-state index in [1.807, 2.05) is 0 Å². The Morgan fingerprint density at radius 2 is 2.17 bits per heavy atom. The smallest absolute Gasteiger partial charge is 0.272 e. The summed E-state index contributed by atoms with van der Waals surface area (Å²) < 4.78 is 7.47. The molecule has 126 valence electrons. The molecule has 1 N–H and O–H groups in total. The molecule has 8 nitrogen and oxygen atoms in total. The van der Waals surface area contributed by atoms with E-state index in [1.54, 1.807) is 48.1 Å². The summed E-state index contributed by atoms with van der Waals surface area (Å²) in [5, 5.41) is 6.55. The van der Waals surface area contributed by atoms with E-state index in [2.05, 4.69) is 15.4 Å². The van der Waals surface area contributed by atoms with E-state index in [1.165, 1.54) is 6.20 Å². The first-order chi connectivity index (χ1) is 11.6. The fraction of sp³-hybridized carbons (Fsp3) is 0.375. The van der Waals surface area contributed by atoms with Crippen molar-refractivity contribution in [3.63, 3.8) is 0 Å². The number of likely N-dealkylation sites (tertiary alicyclic amines) is 1. The molecular weight excluding hydrogens is 310 g/mol. The van der Waals surface area contributed by atoms with Crippen molar-refractivity contribution in [2.45, 2.75) is 12.5 Å². The molecule has 3 rings (SSSR count). The molecule has 1 atom stereocenters. The minimum Gasteiger partial charge on any atom is -0.488 e. The van der Waals surface area contributed by atoms with Gasteiger partial charge in [0.2, 0.25) is 0 Å². The summed E-state index contributed by atoms with van der Waals surface area (Å²) in [5.74, 6) is 0.255. The summed E-state index contributed by atoms with van der Waals surface area (Å²) in [6.07, 6.45) is 3.77. The van der Waals surface area contributed by atoms with Crippen molar-refractivity contribution < 1.29 is 14.3 Å². The van der Waals surface area contributed by atoms with Crippen LogP contribution in [0.4, 0.5) is 0 Å². The summed E-state index contributed by atoms with van der Waals surface area (Å²) in [6.45, 7) is 1.13. The van der Waals surface area contributed by atoms with Crippen molar-refractivity contribution in [2.24, 2.45) is 7.05 Å². The zero-order valence-electron chi connectivity index (χ0n) is 13.6. The highest BCUT2D eigenvalue weighted by Gasteiger charge is 2.29. The molecule has 1 saturated heterocycles. The third kappa shape index (κ3) is 3.22. The molecule has 24 heavy (non-hydrogen) atoms. The number of hydrogen-bond acceptors (Lipinski definition) is 5. The Balaban J connectivity index is 1.63. The average Bonchev–Trinajstić information content (AvgIpc) is 3.23. The van der Waals surface area contributed by atoms with E-state index in [0.29, 0.717) is 30.2 Å². The lowest BCUT2D eigenvalue weighted by atomic mass is 10.3. The van der Waals surface area contributed by atoms with Crippen LogP contribution in [-0.2, 0) is 7.05 Å². The normalized spacial score (nSPS) is 16.9. The number of aryl methyl sites for hydroxylation is 1. The Morgan fingerprint density at radius 3 is 2.88 bits per heavy atom. The summed E-state index contributed by atoms with van der Waals surface area (Å²) in [6, 6.07) is 5.01. The molecule has 3 heterocycles. The van der Waals surface area contributed by atoms with Crippen LogP contribution in [0.25, 0.3) is 0 Å². The average molecular weight is 329 g/mol. The number of nitrogens with one attached hydrogen (secondary N) is 1. The number of nitrogens with zero attached hydrogens (tertiary/aromatic N) is 4. The van der Waals surface area contributed by atoms with Gasteiger partial charge in [-0.15, -0.1) is 0 Å². The largest absolute Gasteiger partial charge is 0.488 e. The van der Waals surface area contributed by atoms with Crippen molar-refractivity contribution in [1.82, 2.24) is 25.0 Å². The lowest BCUT2D eigenvalue weighted by Gasteiger charge is -2.17. The van der Waals surface area contributed by atoms with E-state index in [9.17, 15) is 9.59 Å². The van der Waals surface area contributed by atoms with Crippen LogP contribution in [0.3, 0.4) is 0 Å². The van der Waals surface area contributed by atoms with Crippen LogP contribution in [0.5, 0.6) is 5.75 Å². The number of ether oxygens (including phenoxy) is 1. The predicted molar refractivity (Wildman–Crippen MR) is 85.8 cm³/mol. The highest BCUT2D eigenvalue weighted by atomic mass is 16.5. The zero-order chi connectivity index (χ0) is 17.1. The molecule has 0 radical (unpaired) electrons.